The monoisotopic (exact) mass is 250 g/mol. The third-order valence-corrected chi connectivity index (χ3v) is 2.87. The van der Waals surface area contributed by atoms with Crippen LogP contribution in [0.2, 0.25) is 0 Å². The number of carbonyl (C=O) groups excluding carboxylic acids is 2. The van der Waals surface area contributed by atoms with Gasteiger partial charge in [0.25, 0.3) is 0 Å². The zero-order valence-corrected chi connectivity index (χ0v) is 10.8. The summed E-state index contributed by atoms with van der Waals surface area (Å²) >= 11 is 0. The molecule has 0 bridgehead atoms. The minimum atomic E-state index is -1.42. The van der Waals surface area contributed by atoms with Crippen molar-refractivity contribution in [3.8, 4) is 0 Å². The number of allylic oxidation sites excluding steroid dienone is 2. The minimum absolute atomic E-state index is 0.229. The van der Waals surface area contributed by atoms with Crippen LogP contribution in [0.5, 0.6) is 0 Å². The van der Waals surface area contributed by atoms with Crippen LogP contribution in [0, 0.1) is 5.41 Å². The fourth-order valence-corrected chi connectivity index (χ4v) is 1.80. The summed E-state index contributed by atoms with van der Waals surface area (Å²) in [6.07, 6.45) is 10.1. The molecule has 0 fully saturated rings. The topological polar surface area (TPSA) is 52.6 Å². The molecule has 0 spiro atoms. The van der Waals surface area contributed by atoms with Gasteiger partial charge >= 0.3 is 11.9 Å². The van der Waals surface area contributed by atoms with Gasteiger partial charge in [0.05, 0.1) is 14.2 Å². The Balaban J connectivity index is 3.21. The summed E-state index contributed by atoms with van der Waals surface area (Å²) in [5, 5.41) is 0. The van der Waals surface area contributed by atoms with E-state index < -0.39 is 17.4 Å². The molecular weight excluding hydrogens is 232 g/mol. The first-order valence-corrected chi connectivity index (χ1v) is 5.91. The third kappa shape index (κ3) is 3.11. The fraction of sp³-hybridized carbons (Fsp3) is 0.500. The van der Waals surface area contributed by atoms with Gasteiger partial charge in [-0.3, -0.25) is 9.59 Å². The molecular formula is C14H18O4. The van der Waals surface area contributed by atoms with E-state index in [1.54, 1.807) is 0 Å². The molecule has 0 saturated carbocycles. The van der Waals surface area contributed by atoms with Crippen LogP contribution in [-0.4, -0.2) is 26.2 Å². The normalized spacial score (nSPS) is 19.9. The first-order valence-electron chi connectivity index (χ1n) is 5.91. The van der Waals surface area contributed by atoms with E-state index in [9.17, 15) is 9.59 Å². The summed E-state index contributed by atoms with van der Waals surface area (Å²) in [5.41, 5.74) is 1.47. The van der Waals surface area contributed by atoms with E-state index in [0.717, 1.165) is 19.3 Å². The van der Waals surface area contributed by atoms with Crippen LogP contribution in [0.15, 0.2) is 30.0 Å². The van der Waals surface area contributed by atoms with Gasteiger partial charge in [-0.15, -0.1) is 5.73 Å². The van der Waals surface area contributed by atoms with Gasteiger partial charge in [0, 0.05) is 0 Å². The standard InChI is InChI=1S/C14H18O4/c1-17-12(15)14(13(16)18-2)10-8-6-4-3-5-7-9-11-14/h6-8,11H,3-5,10H2,1-2H3/b8-6-. The van der Waals surface area contributed by atoms with Crippen molar-refractivity contribution in [3.63, 3.8) is 0 Å². The van der Waals surface area contributed by atoms with Gasteiger partial charge in [0.2, 0.25) is 0 Å². The highest BCUT2D eigenvalue weighted by Gasteiger charge is 2.45. The van der Waals surface area contributed by atoms with E-state index >= 15 is 0 Å². The molecule has 98 valence electrons. The van der Waals surface area contributed by atoms with E-state index in [1.165, 1.54) is 20.3 Å². The molecule has 4 heteroatoms. The van der Waals surface area contributed by atoms with Crippen molar-refractivity contribution in [2.75, 3.05) is 14.2 Å². The Bertz CT molecular complexity index is 384. The Labute approximate surface area is 107 Å². The van der Waals surface area contributed by atoms with E-state index in [4.69, 9.17) is 9.47 Å². The van der Waals surface area contributed by atoms with Crippen molar-refractivity contribution >= 4 is 11.9 Å². The van der Waals surface area contributed by atoms with Crippen molar-refractivity contribution < 1.29 is 19.1 Å². The van der Waals surface area contributed by atoms with Gasteiger partial charge in [-0.2, -0.15) is 0 Å². The molecule has 0 aromatic carbocycles. The second-order valence-electron chi connectivity index (χ2n) is 4.08. The Hall–Kier alpha value is -1.80. The SMILES string of the molecule is COC(=O)C1(C(=O)OC)C=C=CCCC/C=C\C1. The molecule has 1 aliphatic carbocycles. The largest absolute Gasteiger partial charge is 0.468 e. The fourth-order valence-electron chi connectivity index (χ4n) is 1.80. The lowest BCUT2D eigenvalue weighted by Gasteiger charge is -2.22. The number of hydrogen-bond donors (Lipinski definition) is 0. The molecule has 18 heavy (non-hydrogen) atoms. The summed E-state index contributed by atoms with van der Waals surface area (Å²) in [4.78, 5) is 23.8. The van der Waals surface area contributed by atoms with Crippen molar-refractivity contribution in [2.45, 2.75) is 25.7 Å². The summed E-state index contributed by atoms with van der Waals surface area (Å²) < 4.78 is 9.45. The first kappa shape index (κ1) is 14.3. The van der Waals surface area contributed by atoms with Crippen LogP contribution < -0.4 is 0 Å². The maximum Gasteiger partial charge on any atom is 0.328 e. The summed E-state index contributed by atoms with van der Waals surface area (Å²) in [6.45, 7) is 0. The van der Waals surface area contributed by atoms with Gasteiger partial charge in [-0.25, -0.2) is 0 Å². The Kier molecular flexibility index (Phi) is 5.40. The molecule has 0 aliphatic heterocycles. The third-order valence-electron chi connectivity index (χ3n) is 2.87. The van der Waals surface area contributed by atoms with Crippen molar-refractivity contribution in [1.82, 2.24) is 0 Å². The molecule has 4 nitrogen and oxygen atoms in total. The average Bonchev–Trinajstić information content (AvgIpc) is 2.42. The first-order chi connectivity index (χ1) is 8.67. The maximum absolute atomic E-state index is 11.9. The van der Waals surface area contributed by atoms with Crippen LogP contribution in [0.1, 0.15) is 25.7 Å². The zero-order valence-electron chi connectivity index (χ0n) is 10.8. The molecule has 0 aromatic heterocycles. The lowest BCUT2D eigenvalue weighted by Crippen LogP contribution is -2.39. The van der Waals surface area contributed by atoms with Crippen molar-refractivity contribution in [2.24, 2.45) is 5.41 Å². The Morgan fingerprint density at radius 1 is 1.11 bits per heavy atom. The number of carbonyl (C=O) groups is 2. The lowest BCUT2D eigenvalue weighted by atomic mass is 9.83. The number of methoxy groups -OCH3 is 2. The number of rotatable bonds is 2. The van der Waals surface area contributed by atoms with Gasteiger partial charge in [-0.1, -0.05) is 12.2 Å². The summed E-state index contributed by atoms with van der Waals surface area (Å²) in [6, 6.07) is 0. The molecule has 0 amide bonds. The summed E-state index contributed by atoms with van der Waals surface area (Å²) in [5.74, 6) is -1.25. The van der Waals surface area contributed by atoms with E-state index in [-0.39, 0.29) is 6.42 Å². The van der Waals surface area contributed by atoms with Crippen molar-refractivity contribution in [3.05, 3.63) is 30.0 Å². The second kappa shape index (κ2) is 6.82. The molecule has 1 aliphatic rings. The highest BCUT2D eigenvalue weighted by molar-refractivity contribution is 6.02. The molecule has 1 rings (SSSR count). The molecule has 0 atom stereocenters. The van der Waals surface area contributed by atoms with Gasteiger partial charge < -0.3 is 9.47 Å². The number of ether oxygens (including phenoxy) is 2. The second-order valence-corrected chi connectivity index (χ2v) is 4.08. The highest BCUT2D eigenvalue weighted by atomic mass is 16.5. The maximum atomic E-state index is 11.9. The van der Waals surface area contributed by atoms with Gasteiger partial charge in [-0.05, 0) is 37.8 Å². The van der Waals surface area contributed by atoms with E-state index in [2.05, 4.69) is 5.73 Å². The Morgan fingerprint density at radius 3 is 2.39 bits per heavy atom. The van der Waals surface area contributed by atoms with Crippen LogP contribution >= 0.6 is 0 Å². The smallest absolute Gasteiger partial charge is 0.328 e. The molecule has 0 unspecified atom stereocenters. The lowest BCUT2D eigenvalue weighted by molar-refractivity contribution is -0.164. The molecule has 0 radical (unpaired) electrons. The van der Waals surface area contributed by atoms with Crippen LogP contribution in [0.25, 0.3) is 0 Å². The zero-order chi connectivity index (χ0) is 13.4. The quantitative estimate of drug-likeness (QED) is 0.326. The van der Waals surface area contributed by atoms with E-state index in [0.29, 0.717) is 0 Å². The predicted molar refractivity (Wildman–Crippen MR) is 66.7 cm³/mol. The van der Waals surface area contributed by atoms with Crippen LogP contribution in [0.4, 0.5) is 0 Å². The molecule has 0 N–H and O–H groups in total. The Morgan fingerprint density at radius 2 is 1.78 bits per heavy atom. The number of esters is 2. The van der Waals surface area contributed by atoms with Gasteiger partial charge in [0.15, 0.2) is 5.41 Å². The van der Waals surface area contributed by atoms with Crippen LogP contribution in [-0.2, 0) is 19.1 Å². The average molecular weight is 250 g/mol. The summed E-state index contributed by atoms with van der Waals surface area (Å²) in [7, 11) is 2.51. The molecule has 0 aromatic rings. The van der Waals surface area contributed by atoms with Crippen molar-refractivity contribution in [1.29, 1.82) is 0 Å². The van der Waals surface area contributed by atoms with Crippen LogP contribution in [0.3, 0.4) is 0 Å². The van der Waals surface area contributed by atoms with Gasteiger partial charge in [0.1, 0.15) is 0 Å². The highest BCUT2D eigenvalue weighted by Crippen LogP contribution is 2.29. The number of hydrogen-bond acceptors (Lipinski definition) is 4. The molecule has 0 heterocycles. The predicted octanol–water partition coefficient (Wildman–Crippen LogP) is 2.16. The minimum Gasteiger partial charge on any atom is -0.468 e. The van der Waals surface area contributed by atoms with E-state index in [1.807, 2.05) is 18.2 Å². The molecule has 0 saturated heterocycles.